The van der Waals surface area contributed by atoms with E-state index in [0.717, 1.165) is 6.42 Å². The third-order valence-electron chi connectivity index (χ3n) is 2.54. The van der Waals surface area contributed by atoms with Crippen molar-refractivity contribution in [2.24, 2.45) is 0 Å². The molecule has 0 aliphatic heterocycles. The zero-order valence-electron chi connectivity index (χ0n) is 9.96. The summed E-state index contributed by atoms with van der Waals surface area (Å²) in [7, 11) is 0. The second kappa shape index (κ2) is 7.80. The van der Waals surface area contributed by atoms with E-state index in [4.69, 9.17) is 0 Å². The van der Waals surface area contributed by atoms with Gasteiger partial charge in [-0.15, -0.1) is 0 Å². The van der Waals surface area contributed by atoms with Crippen LogP contribution in [-0.4, -0.2) is 16.5 Å². The van der Waals surface area contributed by atoms with E-state index in [2.05, 4.69) is 35.8 Å². The van der Waals surface area contributed by atoms with Gasteiger partial charge in [-0.1, -0.05) is 20.3 Å². The van der Waals surface area contributed by atoms with E-state index in [1.54, 1.807) is 0 Å². The monoisotopic (exact) mass is 227 g/mol. The van der Waals surface area contributed by atoms with E-state index in [1.807, 2.05) is 11.8 Å². The van der Waals surface area contributed by atoms with Gasteiger partial charge in [0.1, 0.15) is 12.4 Å². The number of imidazole rings is 1. The minimum absolute atomic E-state index is 1.16. The fourth-order valence-electron chi connectivity index (χ4n) is 1.67. The lowest BCUT2D eigenvalue weighted by Gasteiger charge is -2.00. The van der Waals surface area contributed by atoms with Gasteiger partial charge in [-0.05, 0) is 18.6 Å². The Balaban J connectivity index is 2.32. The highest BCUT2D eigenvalue weighted by Gasteiger charge is 2.08. The number of thioether (sulfide) groups is 1. The predicted molar refractivity (Wildman–Crippen MR) is 67.2 cm³/mol. The number of nitrogens with one attached hydrogen (secondary N) is 1. The van der Waals surface area contributed by atoms with Crippen LogP contribution in [0.15, 0.2) is 12.4 Å². The van der Waals surface area contributed by atoms with Gasteiger partial charge in [0.2, 0.25) is 0 Å². The average molecular weight is 227 g/mol. The van der Waals surface area contributed by atoms with Crippen LogP contribution in [0, 0.1) is 0 Å². The molecule has 0 spiro atoms. The van der Waals surface area contributed by atoms with E-state index < -0.39 is 0 Å². The van der Waals surface area contributed by atoms with Crippen molar-refractivity contribution in [2.45, 2.75) is 46.1 Å². The zero-order chi connectivity index (χ0) is 10.9. The third-order valence-corrected chi connectivity index (χ3v) is 3.44. The zero-order valence-corrected chi connectivity index (χ0v) is 10.8. The van der Waals surface area contributed by atoms with Crippen molar-refractivity contribution in [2.75, 3.05) is 11.5 Å². The number of H-pyrrole nitrogens is 1. The van der Waals surface area contributed by atoms with Gasteiger partial charge < -0.3 is 0 Å². The Kier molecular flexibility index (Phi) is 6.57. The first-order valence-electron chi connectivity index (χ1n) is 6.02. The molecule has 3 heteroatoms. The van der Waals surface area contributed by atoms with Gasteiger partial charge in [0.25, 0.3) is 5.82 Å². The molecule has 0 unspecified atom stereocenters. The van der Waals surface area contributed by atoms with Crippen molar-refractivity contribution in [3.8, 4) is 0 Å². The molecular weight excluding hydrogens is 204 g/mol. The summed E-state index contributed by atoms with van der Waals surface area (Å²) in [4.78, 5) is 3.34. The predicted octanol–water partition coefficient (Wildman–Crippen LogP) is 2.79. The normalized spacial score (nSPS) is 10.8. The standard InChI is InChI=1S/C12H22N2S/c1-3-5-6-9-14-10-8-13-12(14)7-11-15-4-2/h8,10H,3-7,9,11H2,1-2H3/p+1. The number of rotatable bonds is 8. The van der Waals surface area contributed by atoms with Crippen molar-refractivity contribution < 1.29 is 4.57 Å². The average Bonchev–Trinajstić information content (AvgIpc) is 2.67. The first kappa shape index (κ1) is 12.6. The molecule has 1 N–H and O–H groups in total. The molecule has 1 aromatic heterocycles. The highest BCUT2D eigenvalue weighted by molar-refractivity contribution is 7.99. The van der Waals surface area contributed by atoms with Crippen LogP contribution in [0.2, 0.25) is 0 Å². The molecule has 0 saturated heterocycles. The summed E-state index contributed by atoms with van der Waals surface area (Å²) in [5.41, 5.74) is 0. The Bertz CT molecular complexity index is 233. The van der Waals surface area contributed by atoms with Gasteiger partial charge in [-0.25, -0.2) is 9.55 Å². The number of unbranched alkanes of at least 4 members (excludes halogenated alkanes) is 2. The van der Waals surface area contributed by atoms with Crippen molar-refractivity contribution in [3.63, 3.8) is 0 Å². The molecule has 0 radical (unpaired) electrons. The van der Waals surface area contributed by atoms with Crippen LogP contribution >= 0.6 is 11.8 Å². The van der Waals surface area contributed by atoms with Crippen LogP contribution in [0.1, 0.15) is 38.9 Å². The summed E-state index contributed by atoms with van der Waals surface area (Å²) in [5.74, 6) is 3.83. The Morgan fingerprint density at radius 3 is 2.93 bits per heavy atom. The van der Waals surface area contributed by atoms with E-state index in [-0.39, 0.29) is 0 Å². The molecule has 0 atom stereocenters. The quantitative estimate of drug-likeness (QED) is 0.535. The molecule has 0 aromatic carbocycles. The summed E-state index contributed by atoms with van der Waals surface area (Å²) in [6.07, 6.45) is 9.32. The maximum absolute atomic E-state index is 3.34. The molecule has 0 aliphatic rings. The van der Waals surface area contributed by atoms with Crippen LogP contribution in [0.4, 0.5) is 0 Å². The van der Waals surface area contributed by atoms with Gasteiger partial charge in [0.05, 0.1) is 13.0 Å². The smallest absolute Gasteiger partial charge is 0.248 e. The third kappa shape index (κ3) is 4.74. The molecule has 0 aliphatic carbocycles. The second-order valence-corrected chi connectivity index (χ2v) is 5.15. The lowest BCUT2D eigenvalue weighted by atomic mass is 10.2. The molecule has 86 valence electrons. The lowest BCUT2D eigenvalue weighted by Crippen LogP contribution is -2.36. The van der Waals surface area contributed by atoms with Gasteiger partial charge >= 0.3 is 0 Å². The minimum atomic E-state index is 1.16. The van der Waals surface area contributed by atoms with E-state index in [1.165, 1.54) is 43.1 Å². The fraction of sp³-hybridized carbons (Fsp3) is 0.750. The van der Waals surface area contributed by atoms with Gasteiger partial charge in [-0.2, -0.15) is 11.8 Å². The largest absolute Gasteiger partial charge is 0.255 e. The Morgan fingerprint density at radius 1 is 1.33 bits per heavy atom. The molecule has 0 amide bonds. The Hall–Kier alpha value is -0.440. The van der Waals surface area contributed by atoms with E-state index in [9.17, 15) is 0 Å². The molecule has 15 heavy (non-hydrogen) atoms. The topological polar surface area (TPSA) is 19.7 Å². The summed E-state index contributed by atoms with van der Waals surface area (Å²) in [6, 6.07) is 0. The van der Waals surface area contributed by atoms with Gasteiger partial charge in [0.15, 0.2) is 0 Å². The summed E-state index contributed by atoms with van der Waals surface area (Å²) >= 11 is 2.01. The molecule has 2 nitrogen and oxygen atoms in total. The summed E-state index contributed by atoms with van der Waals surface area (Å²) in [6.45, 7) is 5.64. The van der Waals surface area contributed by atoms with Crippen LogP contribution in [0.3, 0.4) is 0 Å². The molecule has 1 heterocycles. The van der Waals surface area contributed by atoms with Crippen molar-refractivity contribution in [3.05, 3.63) is 18.2 Å². The maximum Gasteiger partial charge on any atom is 0.255 e. The van der Waals surface area contributed by atoms with Crippen LogP contribution < -0.4 is 4.57 Å². The van der Waals surface area contributed by atoms with E-state index in [0.29, 0.717) is 0 Å². The van der Waals surface area contributed by atoms with Crippen LogP contribution in [0.25, 0.3) is 0 Å². The number of nitrogens with zero attached hydrogens (tertiary/aromatic N) is 1. The number of hydrogen-bond donors (Lipinski definition) is 1. The second-order valence-electron chi connectivity index (χ2n) is 3.75. The fourth-order valence-corrected chi connectivity index (χ4v) is 2.29. The first-order valence-corrected chi connectivity index (χ1v) is 7.17. The number of hydrogen-bond acceptors (Lipinski definition) is 1. The van der Waals surface area contributed by atoms with E-state index >= 15 is 0 Å². The Morgan fingerprint density at radius 2 is 2.20 bits per heavy atom. The first-order chi connectivity index (χ1) is 7.38. The van der Waals surface area contributed by atoms with Crippen LogP contribution in [-0.2, 0) is 13.0 Å². The number of aryl methyl sites for hydroxylation is 2. The molecule has 0 fully saturated rings. The van der Waals surface area contributed by atoms with Gasteiger partial charge in [-0.3, -0.25) is 0 Å². The summed E-state index contributed by atoms with van der Waals surface area (Å²) in [5, 5.41) is 0. The number of aromatic nitrogens is 2. The van der Waals surface area contributed by atoms with Crippen molar-refractivity contribution in [1.29, 1.82) is 0 Å². The molecule has 1 aromatic rings. The van der Waals surface area contributed by atoms with Crippen molar-refractivity contribution >= 4 is 11.8 Å². The minimum Gasteiger partial charge on any atom is -0.248 e. The highest BCUT2D eigenvalue weighted by Crippen LogP contribution is 2.02. The van der Waals surface area contributed by atoms with Crippen molar-refractivity contribution in [1.82, 2.24) is 4.98 Å². The maximum atomic E-state index is 3.34. The molecular formula is C12H23N2S+. The SMILES string of the molecule is CCCCC[n+]1cc[nH]c1CCSCC. The van der Waals surface area contributed by atoms with Crippen LogP contribution in [0.5, 0.6) is 0 Å². The Labute approximate surface area is 97.5 Å². The number of aromatic amines is 1. The highest BCUT2D eigenvalue weighted by atomic mass is 32.2. The summed E-state index contributed by atoms with van der Waals surface area (Å²) < 4.78 is 2.37. The molecule has 0 saturated carbocycles. The lowest BCUT2D eigenvalue weighted by molar-refractivity contribution is -0.703. The van der Waals surface area contributed by atoms with Gasteiger partial charge in [0, 0.05) is 5.75 Å². The molecule has 0 bridgehead atoms. The molecule has 1 rings (SSSR count).